The number of methoxy groups -OCH3 is 1. The standard InChI is InChI=1S/C20H22F4N2O2/c1-5-26(3)12-25-17-11-18(28-4)16(9-13(17)2)19(27,20(22,23)24)14-7-6-8-15(21)10-14/h6-12,27H,5H2,1-4H3. The van der Waals surface area contributed by atoms with Gasteiger partial charge in [-0.2, -0.15) is 13.2 Å². The fraction of sp³-hybridized carbons (Fsp3) is 0.350. The molecule has 4 nitrogen and oxygen atoms in total. The molecule has 0 spiro atoms. The summed E-state index contributed by atoms with van der Waals surface area (Å²) in [7, 11) is 3.00. The molecule has 0 saturated carbocycles. The molecular weight excluding hydrogens is 376 g/mol. The van der Waals surface area contributed by atoms with Crippen molar-refractivity contribution in [2.24, 2.45) is 4.99 Å². The first-order valence-electron chi connectivity index (χ1n) is 8.53. The van der Waals surface area contributed by atoms with Crippen LogP contribution in [0, 0.1) is 12.7 Å². The number of rotatable bonds is 6. The van der Waals surface area contributed by atoms with Crippen molar-refractivity contribution in [1.29, 1.82) is 0 Å². The Morgan fingerprint density at radius 2 is 1.89 bits per heavy atom. The van der Waals surface area contributed by atoms with Crippen LogP contribution < -0.4 is 4.74 Å². The largest absolute Gasteiger partial charge is 0.496 e. The summed E-state index contributed by atoms with van der Waals surface area (Å²) in [5, 5.41) is 10.8. The molecule has 0 heterocycles. The third kappa shape index (κ3) is 4.11. The molecule has 2 aromatic rings. The molecule has 0 aliphatic rings. The molecule has 1 atom stereocenters. The number of halogens is 4. The minimum absolute atomic E-state index is 0.207. The van der Waals surface area contributed by atoms with Crippen LogP contribution in [0.15, 0.2) is 41.4 Å². The van der Waals surface area contributed by atoms with Gasteiger partial charge >= 0.3 is 6.18 Å². The SMILES string of the molecule is CCN(C)C=Nc1cc(OC)c(C(O)(c2cccc(F)c2)C(F)(F)F)cc1C. The highest BCUT2D eigenvalue weighted by molar-refractivity contribution is 5.66. The molecule has 1 N–H and O–H groups in total. The Morgan fingerprint density at radius 1 is 1.21 bits per heavy atom. The molecule has 0 aliphatic heterocycles. The van der Waals surface area contributed by atoms with Gasteiger partial charge in [0.15, 0.2) is 0 Å². The smallest absolute Gasteiger partial charge is 0.425 e. The third-order valence-electron chi connectivity index (χ3n) is 4.45. The van der Waals surface area contributed by atoms with E-state index in [2.05, 4.69) is 4.99 Å². The van der Waals surface area contributed by atoms with Gasteiger partial charge in [0.05, 0.1) is 19.1 Å². The van der Waals surface area contributed by atoms with Gasteiger partial charge in [0.1, 0.15) is 11.6 Å². The van der Waals surface area contributed by atoms with Gasteiger partial charge in [-0.3, -0.25) is 0 Å². The average Bonchev–Trinajstić information content (AvgIpc) is 2.64. The van der Waals surface area contributed by atoms with Gasteiger partial charge < -0.3 is 14.7 Å². The predicted molar refractivity (Wildman–Crippen MR) is 99.6 cm³/mol. The molecule has 2 aromatic carbocycles. The van der Waals surface area contributed by atoms with E-state index in [1.165, 1.54) is 13.2 Å². The van der Waals surface area contributed by atoms with Gasteiger partial charge in [-0.25, -0.2) is 9.38 Å². The van der Waals surface area contributed by atoms with Gasteiger partial charge in [0, 0.05) is 30.8 Å². The molecular formula is C20H22F4N2O2. The van der Waals surface area contributed by atoms with Crippen LogP contribution in [-0.2, 0) is 5.60 Å². The van der Waals surface area contributed by atoms with Crippen molar-refractivity contribution in [1.82, 2.24) is 4.90 Å². The highest BCUT2D eigenvalue weighted by Gasteiger charge is 2.57. The van der Waals surface area contributed by atoms with Crippen molar-refractivity contribution in [2.75, 3.05) is 20.7 Å². The number of aliphatic imine (C=N–C) groups is 1. The lowest BCUT2D eigenvalue weighted by Gasteiger charge is -2.33. The number of aryl methyl sites for hydroxylation is 1. The molecule has 0 saturated heterocycles. The zero-order valence-corrected chi connectivity index (χ0v) is 16.0. The Hall–Kier alpha value is -2.61. The van der Waals surface area contributed by atoms with Gasteiger partial charge in [-0.1, -0.05) is 12.1 Å². The number of hydrogen-bond donors (Lipinski definition) is 1. The highest BCUT2D eigenvalue weighted by atomic mass is 19.4. The van der Waals surface area contributed by atoms with Crippen molar-refractivity contribution in [3.8, 4) is 5.75 Å². The first-order valence-corrected chi connectivity index (χ1v) is 8.53. The van der Waals surface area contributed by atoms with Gasteiger partial charge in [-0.15, -0.1) is 0 Å². The maximum atomic E-state index is 14.0. The molecule has 0 aliphatic carbocycles. The second kappa shape index (κ2) is 8.18. The van der Waals surface area contributed by atoms with Crippen LogP contribution in [-0.4, -0.2) is 43.2 Å². The van der Waals surface area contributed by atoms with E-state index in [1.54, 1.807) is 25.2 Å². The summed E-state index contributed by atoms with van der Waals surface area (Å²) in [5.41, 5.74) is -3.83. The van der Waals surface area contributed by atoms with E-state index in [-0.39, 0.29) is 5.75 Å². The Morgan fingerprint density at radius 3 is 2.43 bits per heavy atom. The minimum Gasteiger partial charge on any atom is -0.496 e. The summed E-state index contributed by atoms with van der Waals surface area (Å²) in [6.07, 6.45) is -3.57. The van der Waals surface area contributed by atoms with Crippen LogP contribution in [0.3, 0.4) is 0 Å². The van der Waals surface area contributed by atoms with E-state index in [0.29, 0.717) is 23.9 Å². The van der Waals surface area contributed by atoms with Crippen LogP contribution in [0.4, 0.5) is 23.2 Å². The van der Waals surface area contributed by atoms with Gasteiger partial charge in [0.25, 0.3) is 0 Å². The van der Waals surface area contributed by atoms with E-state index in [9.17, 15) is 22.7 Å². The monoisotopic (exact) mass is 398 g/mol. The van der Waals surface area contributed by atoms with Crippen molar-refractivity contribution < 1.29 is 27.4 Å². The Balaban J connectivity index is 2.71. The number of alkyl halides is 3. The fourth-order valence-corrected chi connectivity index (χ4v) is 2.70. The van der Waals surface area contributed by atoms with Crippen LogP contribution in [0.2, 0.25) is 0 Å². The molecule has 1 unspecified atom stereocenters. The van der Waals surface area contributed by atoms with Crippen LogP contribution in [0.5, 0.6) is 5.75 Å². The summed E-state index contributed by atoms with van der Waals surface area (Å²) in [6, 6.07) is 6.28. The lowest BCUT2D eigenvalue weighted by Crippen LogP contribution is -2.43. The normalized spacial score (nSPS) is 14.2. The number of benzene rings is 2. The zero-order chi connectivity index (χ0) is 21.1. The molecule has 0 radical (unpaired) electrons. The second-order valence-electron chi connectivity index (χ2n) is 6.38. The topological polar surface area (TPSA) is 45.1 Å². The molecule has 0 aromatic heterocycles. The van der Waals surface area contributed by atoms with E-state index in [1.807, 2.05) is 6.92 Å². The lowest BCUT2D eigenvalue weighted by molar-refractivity contribution is -0.248. The molecule has 0 amide bonds. The van der Waals surface area contributed by atoms with Crippen molar-refractivity contribution >= 4 is 12.0 Å². The third-order valence-corrected chi connectivity index (χ3v) is 4.45. The summed E-state index contributed by atoms with van der Waals surface area (Å²) >= 11 is 0. The molecule has 0 fully saturated rings. The van der Waals surface area contributed by atoms with E-state index < -0.39 is 28.7 Å². The first-order chi connectivity index (χ1) is 13.0. The van der Waals surface area contributed by atoms with E-state index in [4.69, 9.17) is 4.74 Å². The number of nitrogens with zero attached hydrogens (tertiary/aromatic N) is 2. The minimum atomic E-state index is -5.12. The highest BCUT2D eigenvalue weighted by Crippen LogP contribution is 2.48. The molecule has 152 valence electrons. The predicted octanol–water partition coefficient (Wildman–Crippen LogP) is 4.55. The van der Waals surface area contributed by atoms with E-state index in [0.717, 1.165) is 24.3 Å². The second-order valence-corrected chi connectivity index (χ2v) is 6.38. The lowest BCUT2D eigenvalue weighted by atomic mass is 9.84. The Kier molecular flexibility index (Phi) is 6.34. The summed E-state index contributed by atoms with van der Waals surface area (Å²) in [5.74, 6) is -1.10. The molecule has 2 rings (SSSR count). The van der Waals surface area contributed by atoms with Gasteiger partial charge in [0.2, 0.25) is 5.60 Å². The summed E-state index contributed by atoms with van der Waals surface area (Å²) < 4.78 is 60.7. The van der Waals surface area contributed by atoms with Crippen LogP contribution >= 0.6 is 0 Å². The molecule has 8 heteroatoms. The maximum absolute atomic E-state index is 14.0. The Bertz CT molecular complexity index is 868. The van der Waals surface area contributed by atoms with Crippen molar-refractivity contribution in [2.45, 2.75) is 25.6 Å². The average molecular weight is 398 g/mol. The first kappa shape index (κ1) is 21.7. The van der Waals surface area contributed by atoms with Crippen molar-refractivity contribution in [3.05, 3.63) is 58.9 Å². The van der Waals surface area contributed by atoms with Crippen LogP contribution in [0.1, 0.15) is 23.6 Å². The van der Waals surface area contributed by atoms with Gasteiger partial charge in [-0.05, 0) is 37.6 Å². The fourth-order valence-electron chi connectivity index (χ4n) is 2.70. The maximum Gasteiger partial charge on any atom is 0.425 e. The number of ether oxygens (including phenoxy) is 1. The quantitative estimate of drug-likeness (QED) is 0.441. The number of hydrogen-bond acceptors (Lipinski definition) is 3. The molecule has 28 heavy (non-hydrogen) atoms. The van der Waals surface area contributed by atoms with Crippen LogP contribution in [0.25, 0.3) is 0 Å². The summed E-state index contributed by atoms with van der Waals surface area (Å²) in [6.45, 7) is 4.19. The van der Waals surface area contributed by atoms with E-state index >= 15 is 0 Å². The number of aliphatic hydroxyl groups is 1. The zero-order valence-electron chi connectivity index (χ0n) is 16.0. The summed E-state index contributed by atoms with van der Waals surface area (Å²) in [4.78, 5) is 6.05. The Labute approximate surface area is 161 Å². The molecule has 0 bridgehead atoms. The van der Waals surface area contributed by atoms with Crippen molar-refractivity contribution in [3.63, 3.8) is 0 Å².